The van der Waals surface area contributed by atoms with E-state index in [1.54, 1.807) is 0 Å². The summed E-state index contributed by atoms with van der Waals surface area (Å²) in [5, 5.41) is 27.0. The molecule has 0 atom stereocenters. The van der Waals surface area contributed by atoms with Crippen molar-refractivity contribution >= 4 is 0 Å². The van der Waals surface area contributed by atoms with Crippen molar-refractivity contribution in [1.82, 2.24) is 0 Å². The van der Waals surface area contributed by atoms with Crippen LogP contribution in [0.5, 0.6) is 0 Å². The number of hydrogen-bond donors (Lipinski definition) is 0. The molecule has 0 unspecified atom stereocenters. The zero-order valence-corrected chi connectivity index (χ0v) is 8.03. The SMILES string of the molecule is O=N[O-].O=N[O-].O=N[O-].[Cu+2].[Na+]. The maximum atomic E-state index is 8.00. The molecule has 11 heteroatoms. The van der Waals surface area contributed by atoms with E-state index >= 15 is 0 Å². The van der Waals surface area contributed by atoms with Crippen molar-refractivity contribution in [3.63, 3.8) is 0 Å². The largest absolute Gasteiger partial charge is 2.00 e. The second kappa shape index (κ2) is 99.9. The summed E-state index contributed by atoms with van der Waals surface area (Å²) in [6, 6.07) is 0. The van der Waals surface area contributed by atoms with Crippen LogP contribution in [0.3, 0.4) is 0 Å². The fourth-order valence-electron chi connectivity index (χ4n) is 0. The second-order valence-electron chi connectivity index (χ2n) is 0.224. The van der Waals surface area contributed by atoms with Gasteiger partial charge in [-0.3, -0.25) is 0 Å². The summed E-state index contributed by atoms with van der Waals surface area (Å²) in [6.07, 6.45) is 0. The van der Waals surface area contributed by atoms with Crippen LogP contribution < -0.4 is 29.6 Å². The average molecular weight is 225 g/mol. The first-order valence-electron chi connectivity index (χ1n) is 1.10. The first-order valence-corrected chi connectivity index (χ1v) is 1.10. The van der Waals surface area contributed by atoms with Crippen LogP contribution in [0.2, 0.25) is 0 Å². The van der Waals surface area contributed by atoms with E-state index in [0.717, 1.165) is 16.0 Å². The minimum absolute atomic E-state index is 0. The predicted octanol–water partition coefficient (Wildman–Crippen LogP) is -2.25. The van der Waals surface area contributed by atoms with Crippen molar-refractivity contribution in [2.24, 2.45) is 16.0 Å². The second-order valence-corrected chi connectivity index (χ2v) is 0.224. The molecule has 11 heavy (non-hydrogen) atoms. The molecule has 63 valence electrons. The van der Waals surface area contributed by atoms with E-state index in [-0.39, 0.29) is 46.6 Å². The molecular weight excluding hydrogens is 225 g/mol. The third-order valence-corrected chi connectivity index (χ3v) is 0. The maximum absolute atomic E-state index is 8.00. The van der Waals surface area contributed by atoms with E-state index in [1.165, 1.54) is 0 Å². The van der Waals surface area contributed by atoms with Gasteiger partial charge in [-0.15, -0.1) is 16.0 Å². The Labute approximate surface area is 92.7 Å². The van der Waals surface area contributed by atoms with E-state index in [9.17, 15) is 0 Å². The Bertz CT molecular complexity index is 54.6. The van der Waals surface area contributed by atoms with Crippen molar-refractivity contribution in [2.45, 2.75) is 0 Å². The van der Waals surface area contributed by atoms with Gasteiger partial charge in [-0.25, -0.2) is 0 Å². The molecule has 0 N–H and O–H groups in total. The van der Waals surface area contributed by atoms with E-state index in [0.29, 0.717) is 0 Å². The molecule has 0 saturated heterocycles. The molecule has 0 amide bonds. The standard InChI is InChI=1S/Cu.3HNO2.Na/c;3*2-1-3;/h;3*(H,2,3);/q+2;;;;+1/p-3. The van der Waals surface area contributed by atoms with Gasteiger partial charge in [0.1, 0.15) is 0 Å². The molecule has 0 rings (SSSR count). The smallest absolute Gasteiger partial charge is 0.444 e. The van der Waals surface area contributed by atoms with E-state index in [4.69, 9.17) is 30.3 Å². The summed E-state index contributed by atoms with van der Waals surface area (Å²) in [5.41, 5.74) is 0. The van der Waals surface area contributed by atoms with Crippen molar-refractivity contribution < 1.29 is 46.6 Å². The minimum atomic E-state index is 0. The molecule has 0 fully saturated rings. The Kier molecular flexibility index (Phi) is 281. The van der Waals surface area contributed by atoms with Crippen LogP contribution >= 0.6 is 0 Å². The Morgan fingerprint density at radius 1 is 0.727 bits per heavy atom. The van der Waals surface area contributed by atoms with Gasteiger partial charge in [0.05, 0.1) is 0 Å². The van der Waals surface area contributed by atoms with E-state index in [2.05, 4.69) is 0 Å². The van der Waals surface area contributed by atoms with Gasteiger partial charge < -0.3 is 30.3 Å². The van der Waals surface area contributed by atoms with Crippen LogP contribution in [0.25, 0.3) is 0 Å². The fourth-order valence-corrected chi connectivity index (χ4v) is 0. The zero-order chi connectivity index (χ0) is 8.12. The molecule has 0 bridgehead atoms. The minimum Gasteiger partial charge on any atom is -0.444 e. The van der Waals surface area contributed by atoms with Gasteiger partial charge in [0.25, 0.3) is 0 Å². The molecule has 0 spiro atoms. The van der Waals surface area contributed by atoms with Crippen LogP contribution in [-0.4, -0.2) is 0 Å². The number of rotatable bonds is 0. The number of hydrogen-bond acceptors (Lipinski definition) is 9. The summed E-state index contributed by atoms with van der Waals surface area (Å²) < 4.78 is 0. The third-order valence-electron chi connectivity index (χ3n) is 0. The van der Waals surface area contributed by atoms with Gasteiger partial charge in [-0.2, -0.15) is 0 Å². The molecule has 0 aromatic carbocycles. The molecule has 1 radical (unpaired) electrons. The average Bonchev–Trinajstić information content (AvgIpc) is 1.70. The molecular formula is CuN3NaO6. The van der Waals surface area contributed by atoms with Crippen molar-refractivity contribution in [3.05, 3.63) is 30.3 Å². The molecule has 0 aliphatic carbocycles. The summed E-state index contributed by atoms with van der Waals surface area (Å²) in [7, 11) is 0. The Balaban J connectivity index is -0.0000000150. The molecule has 0 heterocycles. The molecule has 0 aromatic heterocycles. The third kappa shape index (κ3) is 7360. The Morgan fingerprint density at radius 3 is 0.727 bits per heavy atom. The molecule has 0 aromatic rings. The molecule has 9 nitrogen and oxygen atoms in total. The topological polar surface area (TPSA) is 157 Å². The van der Waals surface area contributed by atoms with Crippen LogP contribution in [0.4, 0.5) is 0 Å². The molecule has 0 saturated carbocycles. The quantitative estimate of drug-likeness (QED) is 0.257. The first kappa shape index (κ1) is 31.0. The van der Waals surface area contributed by atoms with Crippen molar-refractivity contribution in [2.75, 3.05) is 0 Å². The Morgan fingerprint density at radius 2 is 0.727 bits per heavy atom. The van der Waals surface area contributed by atoms with Crippen molar-refractivity contribution in [1.29, 1.82) is 0 Å². The number of nitrogens with zero attached hydrogens (tertiary/aromatic N) is 3. The van der Waals surface area contributed by atoms with Crippen LogP contribution in [0.1, 0.15) is 0 Å². The zero-order valence-electron chi connectivity index (χ0n) is 5.09. The summed E-state index contributed by atoms with van der Waals surface area (Å²) >= 11 is 0. The van der Waals surface area contributed by atoms with Gasteiger partial charge in [-0.05, 0) is 0 Å². The predicted molar refractivity (Wildman–Crippen MR) is 27.5 cm³/mol. The fraction of sp³-hybridized carbons (Fsp3) is 0. The van der Waals surface area contributed by atoms with Crippen LogP contribution in [0.15, 0.2) is 16.0 Å². The molecule has 0 aliphatic rings. The van der Waals surface area contributed by atoms with Crippen LogP contribution in [0, 0.1) is 30.3 Å². The molecule has 0 aliphatic heterocycles. The maximum Gasteiger partial charge on any atom is 2.00 e. The van der Waals surface area contributed by atoms with E-state index in [1.807, 2.05) is 0 Å². The van der Waals surface area contributed by atoms with Gasteiger partial charge in [0.15, 0.2) is 0 Å². The van der Waals surface area contributed by atoms with Gasteiger partial charge in [0, 0.05) is 0 Å². The van der Waals surface area contributed by atoms with Crippen LogP contribution in [-0.2, 0) is 17.1 Å². The summed E-state index contributed by atoms with van der Waals surface area (Å²) in [6.45, 7) is 0. The first-order chi connectivity index (χ1) is 4.24. The normalized spacial score (nSPS) is 3.27. The van der Waals surface area contributed by atoms with Gasteiger partial charge in [-0.1, -0.05) is 0 Å². The Hall–Kier alpha value is -0.281. The van der Waals surface area contributed by atoms with Crippen molar-refractivity contribution in [3.8, 4) is 0 Å². The van der Waals surface area contributed by atoms with Gasteiger partial charge >= 0.3 is 46.6 Å². The monoisotopic (exact) mass is 224 g/mol. The van der Waals surface area contributed by atoms with E-state index < -0.39 is 0 Å². The summed E-state index contributed by atoms with van der Waals surface area (Å²) in [5.74, 6) is 0. The summed E-state index contributed by atoms with van der Waals surface area (Å²) in [4.78, 5) is 24.0. The van der Waals surface area contributed by atoms with Gasteiger partial charge in [0.2, 0.25) is 0 Å².